The summed E-state index contributed by atoms with van der Waals surface area (Å²) in [5, 5.41) is 4.65. The molecule has 29 heavy (non-hydrogen) atoms. The Morgan fingerprint density at radius 3 is 2.59 bits per heavy atom. The number of methoxy groups -OCH3 is 1. The number of ether oxygens (including phenoxy) is 1. The third-order valence-corrected chi connectivity index (χ3v) is 5.17. The Morgan fingerprint density at radius 2 is 1.97 bits per heavy atom. The van der Waals surface area contributed by atoms with Crippen LogP contribution in [0.2, 0.25) is 5.02 Å². The molecular weight excluding hydrogens is 393 g/mol. The number of halogens is 2. The van der Waals surface area contributed by atoms with Crippen LogP contribution in [0.15, 0.2) is 48.7 Å². The van der Waals surface area contributed by atoms with E-state index in [0.717, 1.165) is 16.3 Å². The van der Waals surface area contributed by atoms with Crippen LogP contribution in [0.5, 0.6) is 5.88 Å². The number of hydrogen-bond acceptors (Lipinski definition) is 3. The van der Waals surface area contributed by atoms with E-state index in [2.05, 4.69) is 10.3 Å². The predicted octanol–water partition coefficient (Wildman–Crippen LogP) is 6.04. The highest BCUT2D eigenvalue weighted by Gasteiger charge is 2.25. The summed E-state index contributed by atoms with van der Waals surface area (Å²) >= 11 is 5.83. The number of fused-ring (bicyclic) bond motifs is 1. The molecule has 7 heteroatoms. The van der Waals surface area contributed by atoms with E-state index in [9.17, 15) is 9.18 Å². The number of nitrogens with one attached hydrogen (secondary N) is 1. The molecule has 0 aliphatic rings. The van der Waals surface area contributed by atoms with E-state index in [1.165, 1.54) is 18.2 Å². The third kappa shape index (κ3) is 4.27. The largest absolute Gasteiger partial charge is 0.481 e. The van der Waals surface area contributed by atoms with Crippen LogP contribution in [0.4, 0.5) is 14.9 Å². The molecule has 5 nitrogen and oxygen atoms in total. The van der Waals surface area contributed by atoms with E-state index in [1.54, 1.807) is 18.2 Å². The molecular formula is C22H23ClFN3O2. The van der Waals surface area contributed by atoms with E-state index in [0.29, 0.717) is 24.5 Å². The van der Waals surface area contributed by atoms with Crippen molar-refractivity contribution in [2.45, 2.75) is 26.3 Å². The molecule has 1 atom stereocenters. The number of anilines is 1. The second-order valence-corrected chi connectivity index (χ2v) is 6.94. The minimum absolute atomic E-state index is 0.0387. The van der Waals surface area contributed by atoms with Crippen molar-refractivity contribution >= 4 is 34.1 Å². The van der Waals surface area contributed by atoms with Crippen molar-refractivity contribution in [3.63, 3.8) is 0 Å². The Balaban J connectivity index is 1.96. The Morgan fingerprint density at radius 1 is 1.24 bits per heavy atom. The van der Waals surface area contributed by atoms with Crippen LogP contribution in [0.3, 0.4) is 0 Å². The molecule has 1 unspecified atom stereocenters. The van der Waals surface area contributed by atoms with Gasteiger partial charge in [0.15, 0.2) is 0 Å². The molecule has 0 radical (unpaired) electrons. The molecule has 1 aromatic heterocycles. The zero-order chi connectivity index (χ0) is 21.0. The molecule has 1 heterocycles. The van der Waals surface area contributed by atoms with Crippen LogP contribution in [0, 0.1) is 5.82 Å². The van der Waals surface area contributed by atoms with Gasteiger partial charge in [0.2, 0.25) is 5.88 Å². The summed E-state index contributed by atoms with van der Waals surface area (Å²) in [6, 6.07) is 11.5. The van der Waals surface area contributed by atoms with Crippen molar-refractivity contribution in [1.82, 2.24) is 9.88 Å². The van der Waals surface area contributed by atoms with Gasteiger partial charge in [-0.15, -0.1) is 0 Å². The molecule has 0 aliphatic heterocycles. The Kier molecular flexibility index (Phi) is 6.54. The number of pyridine rings is 1. The van der Waals surface area contributed by atoms with Gasteiger partial charge in [0, 0.05) is 29.4 Å². The van der Waals surface area contributed by atoms with Crippen molar-refractivity contribution in [3.05, 3.63) is 65.1 Å². The number of benzene rings is 2. The predicted molar refractivity (Wildman–Crippen MR) is 114 cm³/mol. The van der Waals surface area contributed by atoms with Crippen LogP contribution in [-0.4, -0.2) is 29.6 Å². The summed E-state index contributed by atoms with van der Waals surface area (Å²) < 4.78 is 18.8. The Bertz CT molecular complexity index is 1030. The van der Waals surface area contributed by atoms with E-state index < -0.39 is 5.82 Å². The highest BCUT2D eigenvalue weighted by atomic mass is 35.5. The van der Waals surface area contributed by atoms with Crippen molar-refractivity contribution in [2.24, 2.45) is 0 Å². The number of rotatable bonds is 6. The number of carbonyl (C=O) groups is 1. The zero-order valence-electron chi connectivity index (χ0n) is 16.6. The molecule has 0 aliphatic carbocycles. The molecule has 0 bridgehead atoms. The second-order valence-electron chi connectivity index (χ2n) is 6.54. The van der Waals surface area contributed by atoms with Gasteiger partial charge in [-0.3, -0.25) is 0 Å². The van der Waals surface area contributed by atoms with Gasteiger partial charge in [0.1, 0.15) is 5.82 Å². The second kappa shape index (κ2) is 9.09. The van der Waals surface area contributed by atoms with Gasteiger partial charge in [-0.1, -0.05) is 36.7 Å². The monoisotopic (exact) mass is 415 g/mol. The molecule has 0 spiro atoms. The van der Waals surface area contributed by atoms with Crippen molar-refractivity contribution in [3.8, 4) is 5.88 Å². The average molecular weight is 416 g/mol. The number of nitrogens with zero attached hydrogens (tertiary/aromatic N) is 2. The van der Waals surface area contributed by atoms with Gasteiger partial charge >= 0.3 is 6.03 Å². The first-order chi connectivity index (χ1) is 14.0. The lowest BCUT2D eigenvalue weighted by molar-refractivity contribution is 0.190. The van der Waals surface area contributed by atoms with Crippen LogP contribution in [0.1, 0.15) is 31.9 Å². The normalized spacial score (nSPS) is 11.9. The molecule has 152 valence electrons. The van der Waals surface area contributed by atoms with E-state index in [4.69, 9.17) is 16.3 Å². The van der Waals surface area contributed by atoms with Crippen molar-refractivity contribution in [2.75, 3.05) is 19.0 Å². The van der Waals surface area contributed by atoms with Crippen LogP contribution < -0.4 is 10.1 Å². The third-order valence-electron chi connectivity index (χ3n) is 4.88. The molecule has 0 saturated carbocycles. The minimum Gasteiger partial charge on any atom is -0.481 e. The maximum absolute atomic E-state index is 13.4. The van der Waals surface area contributed by atoms with Crippen LogP contribution in [0.25, 0.3) is 10.8 Å². The minimum atomic E-state index is -0.528. The molecule has 3 aromatic rings. The molecule has 0 fully saturated rings. The Hall–Kier alpha value is -2.86. The highest BCUT2D eigenvalue weighted by molar-refractivity contribution is 6.31. The summed E-state index contributed by atoms with van der Waals surface area (Å²) in [4.78, 5) is 19.2. The summed E-state index contributed by atoms with van der Waals surface area (Å²) in [6.45, 7) is 4.42. The van der Waals surface area contributed by atoms with Gasteiger partial charge in [0.05, 0.1) is 18.2 Å². The van der Waals surface area contributed by atoms with Gasteiger partial charge in [-0.05, 0) is 43.0 Å². The quantitative estimate of drug-likeness (QED) is 0.533. The smallest absolute Gasteiger partial charge is 0.322 e. The number of amides is 2. The average Bonchev–Trinajstić information content (AvgIpc) is 2.74. The number of aromatic nitrogens is 1. The van der Waals surface area contributed by atoms with Crippen LogP contribution >= 0.6 is 11.6 Å². The lowest BCUT2D eigenvalue weighted by atomic mass is 9.98. The van der Waals surface area contributed by atoms with Gasteiger partial charge in [-0.2, -0.15) is 0 Å². The lowest BCUT2D eigenvalue weighted by Gasteiger charge is -2.31. The maximum Gasteiger partial charge on any atom is 0.322 e. The van der Waals surface area contributed by atoms with Crippen LogP contribution in [-0.2, 0) is 0 Å². The topological polar surface area (TPSA) is 54.5 Å². The van der Waals surface area contributed by atoms with E-state index in [1.807, 2.05) is 38.1 Å². The fraction of sp³-hybridized carbons (Fsp3) is 0.273. The maximum atomic E-state index is 13.4. The number of carbonyl (C=O) groups excluding carboxylic acids is 1. The van der Waals surface area contributed by atoms with E-state index >= 15 is 0 Å². The molecule has 0 saturated heterocycles. The van der Waals surface area contributed by atoms with Gasteiger partial charge in [-0.25, -0.2) is 14.2 Å². The molecule has 3 rings (SSSR count). The lowest BCUT2D eigenvalue weighted by Crippen LogP contribution is -2.38. The van der Waals surface area contributed by atoms with Crippen molar-refractivity contribution in [1.29, 1.82) is 0 Å². The first-order valence-electron chi connectivity index (χ1n) is 9.44. The molecule has 2 amide bonds. The first kappa shape index (κ1) is 20.9. The fourth-order valence-electron chi connectivity index (χ4n) is 3.50. The van der Waals surface area contributed by atoms with Crippen molar-refractivity contribution < 1.29 is 13.9 Å². The van der Waals surface area contributed by atoms with Gasteiger partial charge in [0.25, 0.3) is 0 Å². The number of urea groups is 1. The van der Waals surface area contributed by atoms with Gasteiger partial charge < -0.3 is 15.0 Å². The zero-order valence-corrected chi connectivity index (χ0v) is 17.3. The van der Waals surface area contributed by atoms with E-state index in [-0.39, 0.29) is 17.1 Å². The summed E-state index contributed by atoms with van der Waals surface area (Å²) in [5.41, 5.74) is 1.38. The molecule has 2 aromatic carbocycles. The highest BCUT2D eigenvalue weighted by Crippen LogP contribution is 2.34. The standard InChI is InChI=1S/C22H23ClFN3O2/c1-4-20(17-13-25-21(29-3)16-9-7-6-8-15(16)17)27(5-2)22(28)26-14-10-11-19(24)18(23)12-14/h6-13,20H,4-5H2,1-3H3,(H,26,28). The summed E-state index contributed by atoms with van der Waals surface area (Å²) in [6.07, 6.45) is 2.46. The first-order valence-corrected chi connectivity index (χ1v) is 9.82. The Labute approximate surface area is 174 Å². The number of hydrogen-bond donors (Lipinski definition) is 1. The fourth-order valence-corrected chi connectivity index (χ4v) is 3.68. The molecule has 1 N–H and O–H groups in total. The summed E-state index contributed by atoms with van der Waals surface area (Å²) in [7, 11) is 1.59. The summed E-state index contributed by atoms with van der Waals surface area (Å²) in [5.74, 6) is 0.0203. The SMILES string of the molecule is CCC(c1cnc(OC)c2ccccc12)N(CC)C(=O)Nc1ccc(F)c(Cl)c1.